The highest BCUT2D eigenvalue weighted by Gasteiger charge is 2.19. The fraction of sp³-hybridized carbons (Fsp3) is 0.421. The molecule has 0 aliphatic carbocycles. The zero-order valence-corrected chi connectivity index (χ0v) is 15.7. The van der Waals surface area contributed by atoms with Gasteiger partial charge in [0.2, 0.25) is 5.91 Å². The van der Waals surface area contributed by atoms with Gasteiger partial charge in [-0.05, 0) is 37.1 Å². The zero-order valence-electron chi connectivity index (χ0n) is 14.2. The molecule has 2 aromatic rings. The molecule has 0 aliphatic rings. The van der Waals surface area contributed by atoms with E-state index in [1.54, 1.807) is 6.92 Å². The quantitative estimate of drug-likeness (QED) is 0.607. The Hall–Kier alpha value is -1.45. The zero-order chi connectivity index (χ0) is 17.5. The number of carbonyl (C=O) groups is 1. The third kappa shape index (κ3) is 5.02. The molecule has 0 unspecified atom stereocenters. The number of halogens is 2. The van der Waals surface area contributed by atoms with Crippen molar-refractivity contribution in [3.63, 3.8) is 0 Å². The van der Waals surface area contributed by atoms with Crippen molar-refractivity contribution in [1.82, 2.24) is 9.47 Å². The molecule has 24 heavy (non-hydrogen) atoms. The molecule has 0 radical (unpaired) electrons. The molecule has 130 valence electrons. The number of alkyl halides is 1. The molecule has 0 saturated heterocycles. The van der Waals surface area contributed by atoms with Crippen molar-refractivity contribution in [2.45, 2.75) is 45.2 Å². The van der Waals surface area contributed by atoms with Gasteiger partial charge in [0.15, 0.2) is 0 Å². The van der Waals surface area contributed by atoms with Crippen LogP contribution in [0.15, 0.2) is 42.6 Å². The van der Waals surface area contributed by atoms with Gasteiger partial charge in [-0.15, -0.1) is 11.6 Å². The summed E-state index contributed by atoms with van der Waals surface area (Å²) >= 11 is 12.3. The summed E-state index contributed by atoms with van der Waals surface area (Å²) in [7, 11) is 0. The Kier molecular flexibility index (Phi) is 7.19. The minimum atomic E-state index is -0.506. The van der Waals surface area contributed by atoms with Crippen molar-refractivity contribution < 1.29 is 4.79 Å². The predicted octanol–water partition coefficient (Wildman–Crippen LogP) is 4.95. The van der Waals surface area contributed by atoms with Crippen LogP contribution in [0.5, 0.6) is 0 Å². The van der Waals surface area contributed by atoms with Crippen LogP contribution in [0.2, 0.25) is 5.02 Å². The van der Waals surface area contributed by atoms with Crippen LogP contribution in [0.4, 0.5) is 0 Å². The Labute approximate surface area is 154 Å². The predicted molar refractivity (Wildman–Crippen MR) is 101 cm³/mol. The minimum Gasteiger partial charge on any atom is -0.345 e. The van der Waals surface area contributed by atoms with E-state index in [1.165, 1.54) is 0 Å². The van der Waals surface area contributed by atoms with Crippen LogP contribution < -0.4 is 0 Å². The average molecular weight is 367 g/mol. The maximum atomic E-state index is 12.4. The molecule has 1 aromatic carbocycles. The van der Waals surface area contributed by atoms with Gasteiger partial charge in [0, 0.05) is 30.0 Å². The molecular formula is C19H24Cl2N2O. The van der Waals surface area contributed by atoms with E-state index in [1.807, 2.05) is 47.5 Å². The summed E-state index contributed by atoms with van der Waals surface area (Å²) in [5.41, 5.74) is 2.14. The fourth-order valence-corrected chi connectivity index (χ4v) is 2.95. The molecule has 1 heterocycles. The van der Waals surface area contributed by atoms with Gasteiger partial charge in [-0.25, -0.2) is 0 Å². The summed E-state index contributed by atoms with van der Waals surface area (Å²) in [5, 5.41) is 0.249. The number of hydrogen-bond acceptors (Lipinski definition) is 1. The molecule has 5 heteroatoms. The van der Waals surface area contributed by atoms with Crippen molar-refractivity contribution in [2.75, 3.05) is 6.54 Å². The van der Waals surface area contributed by atoms with Crippen LogP contribution in [-0.4, -0.2) is 27.3 Å². The highest BCUT2D eigenvalue weighted by atomic mass is 35.5. The van der Waals surface area contributed by atoms with E-state index >= 15 is 0 Å². The lowest BCUT2D eigenvalue weighted by atomic mass is 10.2. The van der Waals surface area contributed by atoms with E-state index in [9.17, 15) is 4.79 Å². The number of rotatable bonds is 8. The second-order valence-corrected chi connectivity index (χ2v) is 7.01. The normalized spacial score (nSPS) is 12.2. The van der Waals surface area contributed by atoms with Gasteiger partial charge in [-0.2, -0.15) is 0 Å². The average Bonchev–Trinajstić information content (AvgIpc) is 2.99. The molecule has 1 amide bonds. The lowest BCUT2D eigenvalue weighted by Gasteiger charge is -2.24. The second-order valence-electron chi connectivity index (χ2n) is 5.95. The number of unbranched alkanes of at least 4 members (excludes halogenated alkanes) is 1. The van der Waals surface area contributed by atoms with E-state index in [4.69, 9.17) is 23.2 Å². The fourth-order valence-electron chi connectivity index (χ4n) is 2.62. The van der Waals surface area contributed by atoms with Crippen molar-refractivity contribution in [1.29, 1.82) is 0 Å². The summed E-state index contributed by atoms with van der Waals surface area (Å²) in [6, 6.07) is 11.9. The standard InChI is InChI=1S/C19H24Cl2N2O/c1-3-4-11-23(19(24)15(2)20)14-17-9-7-12-22(17)13-16-8-5-6-10-18(16)21/h5-10,12,15H,3-4,11,13-14H2,1-2H3/t15-/m0/s1. The van der Waals surface area contributed by atoms with Crippen LogP contribution >= 0.6 is 23.2 Å². The first-order valence-corrected chi connectivity index (χ1v) is 9.14. The number of benzene rings is 1. The first kappa shape index (κ1) is 18.9. The second kappa shape index (κ2) is 9.14. The maximum absolute atomic E-state index is 12.4. The van der Waals surface area contributed by atoms with Gasteiger partial charge in [0.1, 0.15) is 5.38 Å². The molecule has 0 saturated carbocycles. The van der Waals surface area contributed by atoms with Gasteiger partial charge < -0.3 is 9.47 Å². The maximum Gasteiger partial charge on any atom is 0.240 e. The third-order valence-corrected chi connectivity index (χ3v) is 4.56. The highest BCUT2D eigenvalue weighted by molar-refractivity contribution is 6.31. The first-order chi connectivity index (χ1) is 11.5. The number of carbonyl (C=O) groups excluding carboxylic acids is 1. The Morgan fingerprint density at radius 1 is 1.25 bits per heavy atom. The van der Waals surface area contributed by atoms with Gasteiger partial charge in [-0.1, -0.05) is 43.1 Å². The van der Waals surface area contributed by atoms with Crippen LogP contribution in [0.3, 0.4) is 0 Å². The summed E-state index contributed by atoms with van der Waals surface area (Å²) in [5.74, 6) is -0.0180. The van der Waals surface area contributed by atoms with Crippen molar-refractivity contribution in [3.05, 3.63) is 58.9 Å². The molecule has 1 aromatic heterocycles. The minimum absolute atomic E-state index is 0.0180. The Balaban J connectivity index is 2.15. The first-order valence-electron chi connectivity index (χ1n) is 8.33. The van der Waals surface area contributed by atoms with Crippen LogP contribution in [0.25, 0.3) is 0 Å². The van der Waals surface area contributed by atoms with Crippen molar-refractivity contribution in [2.24, 2.45) is 0 Å². The number of aromatic nitrogens is 1. The Morgan fingerprint density at radius 3 is 2.67 bits per heavy atom. The number of nitrogens with zero attached hydrogens (tertiary/aromatic N) is 2. The van der Waals surface area contributed by atoms with Crippen LogP contribution in [-0.2, 0) is 17.9 Å². The summed E-state index contributed by atoms with van der Waals surface area (Å²) in [6.07, 6.45) is 4.03. The molecule has 0 fully saturated rings. The molecular weight excluding hydrogens is 343 g/mol. The largest absolute Gasteiger partial charge is 0.345 e. The van der Waals surface area contributed by atoms with Crippen molar-refractivity contribution >= 4 is 29.1 Å². The van der Waals surface area contributed by atoms with Crippen molar-refractivity contribution in [3.8, 4) is 0 Å². The smallest absolute Gasteiger partial charge is 0.240 e. The molecule has 3 nitrogen and oxygen atoms in total. The van der Waals surface area contributed by atoms with Gasteiger partial charge >= 0.3 is 0 Å². The Morgan fingerprint density at radius 2 is 2.00 bits per heavy atom. The molecule has 0 spiro atoms. The monoisotopic (exact) mass is 366 g/mol. The summed E-state index contributed by atoms with van der Waals surface area (Å²) in [4.78, 5) is 14.2. The van der Waals surface area contributed by atoms with E-state index < -0.39 is 5.38 Å². The topological polar surface area (TPSA) is 25.2 Å². The molecule has 0 bridgehead atoms. The molecule has 0 N–H and O–H groups in total. The highest BCUT2D eigenvalue weighted by Crippen LogP contribution is 2.18. The SMILES string of the molecule is CCCCN(Cc1cccn1Cc1ccccc1Cl)C(=O)[C@H](C)Cl. The van der Waals surface area contributed by atoms with Gasteiger partial charge in [-0.3, -0.25) is 4.79 Å². The molecule has 0 aliphatic heterocycles. The van der Waals surface area contributed by atoms with E-state index in [-0.39, 0.29) is 5.91 Å². The van der Waals surface area contributed by atoms with Crippen LogP contribution in [0, 0.1) is 0 Å². The van der Waals surface area contributed by atoms with Crippen LogP contribution in [0.1, 0.15) is 37.9 Å². The van der Waals surface area contributed by atoms with E-state index in [2.05, 4.69) is 11.5 Å². The molecule has 2 rings (SSSR count). The third-order valence-electron chi connectivity index (χ3n) is 4.01. The number of hydrogen-bond donors (Lipinski definition) is 0. The van der Waals surface area contributed by atoms with E-state index in [0.29, 0.717) is 13.1 Å². The molecule has 1 atom stereocenters. The lowest BCUT2D eigenvalue weighted by Crippen LogP contribution is -2.36. The summed E-state index contributed by atoms with van der Waals surface area (Å²) < 4.78 is 2.13. The number of amides is 1. The van der Waals surface area contributed by atoms with Gasteiger partial charge in [0.05, 0.1) is 6.54 Å². The Bertz CT molecular complexity index is 667. The lowest BCUT2D eigenvalue weighted by molar-refractivity contribution is -0.131. The van der Waals surface area contributed by atoms with E-state index in [0.717, 1.165) is 35.7 Å². The summed E-state index contributed by atoms with van der Waals surface area (Å²) in [6.45, 7) is 5.82. The van der Waals surface area contributed by atoms with Gasteiger partial charge in [0.25, 0.3) is 0 Å².